The van der Waals surface area contributed by atoms with E-state index >= 15 is 0 Å². The quantitative estimate of drug-likeness (QED) is 0.724. The molecule has 0 unspecified atom stereocenters. The third-order valence-corrected chi connectivity index (χ3v) is 2.95. The Morgan fingerprint density at radius 1 is 1.33 bits per heavy atom. The van der Waals surface area contributed by atoms with Gasteiger partial charge >= 0.3 is 0 Å². The summed E-state index contributed by atoms with van der Waals surface area (Å²) in [7, 11) is 0. The topological polar surface area (TPSA) is 45.1 Å². The van der Waals surface area contributed by atoms with Gasteiger partial charge in [-0.25, -0.2) is 0 Å². The van der Waals surface area contributed by atoms with Crippen molar-refractivity contribution in [2.75, 3.05) is 13.2 Å². The van der Waals surface area contributed by atoms with Crippen LogP contribution >= 0.6 is 0 Å². The number of pyridine rings is 1. The van der Waals surface area contributed by atoms with Gasteiger partial charge in [-0.1, -0.05) is 0 Å². The molecule has 0 aliphatic heterocycles. The fraction of sp³-hybridized carbons (Fsp3) is 0.583. The first kappa shape index (κ1) is 10.6. The molecule has 0 aromatic carbocycles. The Kier molecular flexibility index (Phi) is 3.69. The molecule has 3 heteroatoms. The predicted octanol–water partition coefficient (Wildman–Crippen LogP) is 1.04. The van der Waals surface area contributed by atoms with E-state index in [1.807, 2.05) is 6.20 Å². The van der Waals surface area contributed by atoms with Gasteiger partial charge in [0.2, 0.25) is 0 Å². The van der Waals surface area contributed by atoms with Gasteiger partial charge in [0.25, 0.3) is 0 Å². The van der Waals surface area contributed by atoms with Crippen molar-refractivity contribution in [2.45, 2.75) is 32.2 Å². The van der Waals surface area contributed by atoms with Crippen LogP contribution in [0.1, 0.15) is 29.7 Å². The lowest BCUT2D eigenvalue weighted by Gasteiger charge is -2.18. The molecule has 3 nitrogen and oxygen atoms in total. The van der Waals surface area contributed by atoms with Crippen LogP contribution in [0.4, 0.5) is 0 Å². The minimum atomic E-state index is 0.190. The Morgan fingerprint density at radius 3 is 3.07 bits per heavy atom. The molecule has 2 rings (SSSR count). The van der Waals surface area contributed by atoms with Gasteiger partial charge in [-0.05, 0) is 42.9 Å². The summed E-state index contributed by atoms with van der Waals surface area (Å²) in [6.07, 6.45) is 6.86. The smallest absolute Gasteiger partial charge is 0.0576 e. The van der Waals surface area contributed by atoms with E-state index in [2.05, 4.69) is 16.4 Å². The summed E-state index contributed by atoms with van der Waals surface area (Å²) in [4.78, 5) is 4.42. The molecule has 0 amide bonds. The number of aliphatic hydroxyl groups is 1. The van der Waals surface area contributed by atoms with Crippen LogP contribution in [0, 0.1) is 0 Å². The number of aromatic nitrogens is 1. The van der Waals surface area contributed by atoms with Crippen LogP contribution in [0.25, 0.3) is 0 Å². The van der Waals surface area contributed by atoms with E-state index in [1.54, 1.807) is 0 Å². The highest BCUT2D eigenvalue weighted by Crippen LogP contribution is 2.22. The zero-order chi connectivity index (χ0) is 10.5. The molecule has 1 aliphatic rings. The first-order chi connectivity index (χ1) is 7.42. The first-order valence-electron chi connectivity index (χ1n) is 5.69. The number of rotatable bonds is 4. The molecule has 0 saturated heterocycles. The molecular formula is C12H18N2O. The maximum absolute atomic E-state index is 8.70. The minimum absolute atomic E-state index is 0.190. The molecular weight excluding hydrogens is 188 g/mol. The lowest BCUT2D eigenvalue weighted by atomic mass is 9.91. The Hall–Kier alpha value is -0.930. The molecule has 0 spiro atoms. The van der Waals surface area contributed by atoms with E-state index in [0.717, 1.165) is 6.54 Å². The van der Waals surface area contributed by atoms with Gasteiger partial charge in [0, 0.05) is 19.3 Å². The highest BCUT2D eigenvalue weighted by molar-refractivity contribution is 5.32. The van der Waals surface area contributed by atoms with Crippen LogP contribution in [0.5, 0.6) is 0 Å². The number of aliphatic hydroxyl groups excluding tert-OH is 1. The van der Waals surface area contributed by atoms with Crippen molar-refractivity contribution in [3.05, 3.63) is 29.1 Å². The molecule has 0 bridgehead atoms. The fourth-order valence-electron chi connectivity index (χ4n) is 2.18. The first-order valence-corrected chi connectivity index (χ1v) is 5.69. The molecule has 1 aromatic heterocycles. The Morgan fingerprint density at radius 2 is 2.20 bits per heavy atom. The van der Waals surface area contributed by atoms with Crippen molar-refractivity contribution in [3.63, 3.8) is 0 Å². The van der Waals surface area contributed by atoms with E-state index in [0.29, 0.717) is 6.54 Å². The number of nitrogens with one attached hydrogen (secondary N) is 1. The number of aryl methyl sites for hydroxylation is 1. The number of fused-ring (bicyclic) bond motifs is 1. The molecule has 82 valence electrons. The number of nitrogens with zero attached hydrogens (tertiary/aromatic N) is 1. The van der Waals surface area contributed by atoms with Crippen LogP contribution in [0.2, 0.25) is 0 Å². The predicted molar refractivity (Wildman–Crippen MR) is 59.7 cm³/mol. The summed E-state index contributed by atoms with van der Waals surface area (Å²) in [5.74, 6) is 0. The lowest BCUT2D eigenvalue weighted by molar-refractivity contribution is 0.291. The largest absolute Gasteiger partial charge is 0.395 e. The molecule has 1 aromatic rings. The van der Waals surface area contributed by atoms with Gasteiger partial charge in [0.15, 0.2) is 0 Å². The summed E-state index contributed by atoms with van der Waals surface area (Å²) in [5, 5.41) is 11.9. The van der Waals surface area contributed by atoms with E-state index < -0.39 is 0 Å². The molecule has 0 atom stereocenters. The average Bonchev–Trinajstić information content (AvgIpc) is 2.30. The van der Waals surface area contributed by atoms with E-state index in [9.17, 15) is 0 Å². The van der Waals surface area contributed by atoms with Crippen molar-refractivity contribution in [1.82, 2.24) is 10.3 Å². The Bertz CT molecular complexity index is 325. The second-order valence-corrected chi connectivity index (χ2v) is 4.00. The summed E-state index contributed by atoms with van der Waals surface area (Å²) >= 11 is 0. The van der Waals surface area contributed by atoms with E-state index in [1.165, 1.54) is 42.5 Å². The van der Waals surface area contributed by atoms with Gasteiger partial charge in [-0.15, -0.1) is 0 Å². The second kappa shape index (κ2) is 5.24. The summed E-state index contributed by atoms with van der Waals surface area (Å²) in [6, 6.07) is 2.14. The summed E-state index contributed by atoms with van der Waals surface area (Å²) < 4.78 is 0. The molecule has 2 N–H and O–H groups in total. The summed E-state index contributed by atoms with van der Waals surface area (Å²) in [6.45, 7) is 1.62. The number of hydrogen-bond donors (Lipinski definition) is 2. The van der Waals surface area contributed by atoms with Crippen LogP contribution in [0.3, 0.4) is 0 Å². The maximum atomic E-state index is 8.70. The fourth-order valence-corrected chi connectivity index (χ4v) is 2.18. The molecule has 15 heavy (non-hydrogen) atoms. The van der Waals surface area contributed by atoms with Gasteiger partial charge in [-0.2, -0.15) is 0 Å². The maximum Gasteiger partial charge on any atom is 0.0576 e. The standard InChI is InChI=1S/C12H18N2O/c15-8-7-13-9-12-11-4-2-1-3-10(11)5-6-14-12/h5-6,13,15H,1-4,7-9H2. The average molecular weight is 206 g/mol. The highest BCUT2D eigenvalue weighted by Gasteiger charge is 2.13. The molecule has 0 saturated carbocycles. The van der Waals surface area contributed by atoms with Crippen molar-refractivity contribution in [3.8, 4) is 0 Å². The third kappa shape index (κ3) is 2.55. The van der Waals surface area contributed by atoms with Crippen molar-refractivity contribution < 1.29 is 5.11 Å². The van der Waals surface area contributed by atoms with Gasteiger partial charge in [0.1, 0.15) is 0 Å². The van der Waals surface area contributed by atoms with Crippen LogP contribution < -0.4 is 5.32 Å². The Labute approximate surface area is 90.5 Å². The molecule has 1 heterocycles. The molecule has 0 radical (unpaired) electrons. The van der Waals surface area contributed by atoms with Gasteiger partial charge in [-0.3, -0.25) is 4.98 Å². The normalized spacial score (nSPS) is 15.0. The van der Waals surface area contributed by atoms with Crippen molar-refractivity contribution in [1.29, 1.82) is 0 Å². The molecule has 0 fully saturated rings. The van der Waals surface area contributed by atoms with Gasteiger partial charge < -0.3 is 10.4 Å². The van der Waals surface area contributed by atoms with E-state index in [-0.39, 0.29) is 6.61 Å². The minimum Gasteiger partial charge on any atom is -0.395 e. The van der Waals surface area contributed by atoms with Crippen LogP contribution in [-0.2, 0) is 19.4 Å². The zero-order valence-corrected chi connectivity index (χ0v) is 9.00. The van der Waals surface area contributed by atoms with E-state index in [4.69, 9.17) is 5.11 Å². The van der Waals surface area contributed by atoms with Crippen molar-refractivity contribution >= 4 is 0 Å². The Balaban J connectivity index is 2.09. The lowest BCUT2D eigenvalue weighted by Crippen LogP contribution is -2.20. The van der Waals surface area contributed by atoms with Crippen LogP contribution in [0.15, 0.2) is 12.3 Å². The SMILES string of the molecule is OCCNCc1nccc2c1CCCC2. The van der Waals surface area contributed by atoms with Gasteiger partial charge in [0.05, 0.1) is 12.3 Å². The van der Waals surface area contributed by atoms with Crippen molar-refractivity contribution in [2.24, 2.45) is 0 Å². The summed E-state index contributed by atoms with van der Waals surface area (Å²) in [5.41, 5.74) is 4.08. The second-order valence-electron chi connectivity index (χ2n) is 4.00. The monoisotopic (exact) mass is 206 g/mol. The van der Waals surface area contributed by atoms with Crippen LogP contribution in [-0.4, -0.2) is 23.2 Å². The number of hydrogen-bond acceptors (Lipinski definition) is 3. The third-order valence-electron chi connectivity index (χ3n) is 2.95. The zero-order valence-electron chi connectivity index (χ0n) is 9.00. The molecule has 1 aliphatic carbocycles. The highest BCUT2D eigenvalue weighted by atomic mass is 16.3.